The second-order valence-electron chi connectivity index (χ2n) is 3.12. The molecule has 0 rings (SSSR count). The van der Waals surface area contributed by atoms with Crippen LogP contribution in [0.25, 0.3) is 0 Å². The van der Waals surface area contributed by atoms with E-state index >= 15 is 0 Å². The molecule has 74 valence electrons. The van der Waals surface area contributed by atoms with E-state index in [1.165, 1.54) is 30.2 Å². The topological polar surface area (TPSA) is 20.2 Å². The summed E-state index contributed by atoms with van der Waals surface area (Å²) in [7, 11) is 0. The molecular weight excluding hydrogens is 264 g/mol. The van der Waals surface area contributed by atoms with E-state index in [0.29, 0.717) is 6.61 Å². The van der Waals surface area contributed by atoms with Crippen LogP contribution in [0.2, 0.25) is 8.43 Å². The molecule has 0 aliphatic rings. The zero-order chi connectivity index (χ0) is 9.23. The van der Waals surface area contributed by atoms with Gasteiger partial charge in [-0.05, 0) is 0 Å². The van der Waals surface area contributed by atoms with E-state index in [9.17, 15) is 0 Å². The van der Waals surface area contributed by atoms with Crippen LogP contribution in [-0.4, -0.2) is 32.6 Å². The van der Waals surface area contributed by atoms with Crippen molar-refractivity contribution >= 4 is 20.9 Å². The maximum absolute atomic E-state index is 8.70. The van der Waals surface area contributed by atoms with E-state index in [1.54, 1.807) is 0 Å². The summed E-state index contributed by atoms with van der Waals surface area (Å²) < 4.78 is 2.50. The van der Waals surface area contributed by atoms with E-state index in [2.05, 4.69) is 13.8 Å². The third-order valence-corrected chi connectivity index (χ3v) is 6.46. The Bertz CT molecular complexity index is 85.9. The van der Waals surface area contributed by atoms with Gasteiger partial charge in [-0.1, -0.05) is 0 Å². The average molecular weight is 286 g/mol. The maximum atomic E-state index is 8.70. The fourth-order valence-corrected chi connectivity index (χ4v) is 4.99. The molecule has 1 nitrogen and oxygen atoms in total. The predicted octanol–water partition coefficient (Wildman–Crippen LogP) is 2.88. The van der Waals surface area contributed by atoms with Crippen LogP contribution in [0.5, 0.6) is 0 Å². The minimum absolute atomic E-state index is 0.259. The quantitative estimate of drug-likeness (QED) is 0.537. The Morgan fingerprint density at radius 3 is 2.50 bits per heavy atom. The Morgan fingerprint density at radius 1 is 1.25 bits per heavy atom. The van der Waals surface area contributed by atoms with E-state index in [0.717, 1.165) is 10.4 Å². The first-order valence-electron chi connectivity index (χ1n) is 5.07. The van der Waals surface area contributed by atoms with Crippen molar-refractivity contribution in [2.45, 2.75) is 54.4 Å². The predicted molar refractivity (Wildman–Crippen MR) is 55.8 cm³/mol. The first-order valence-corrected chi connectivity index (χ1v) is 8.06. The molecule has 0 aromatic carbocycles. The summed E-state index contributed by atoms with van der Waals surface area (Å²) in [4.78, 5) is 0. The number of hydrogen-bond acceptors (Lipinski definition) is 1. The molecule has 0 saturated carbocycles. The number of aliphatic hydroxyl groups is 1. The zero-order valence-corrected chi connectivity index (χ0v) is 10.7. The molecule has 0 heterocycles. The molecule has 0 aromatic rings. The van der Waals surface area contributed by atoms with Gasteiger partial charge < -0.3 is 0 Å². The number of aliphatic hydroxyl groups excluding tert-OH is 1. The van der Waals surface area contributed by atoms with Gasteiger partial charge in [-0.25, -0.2) is 0 Å². The first-order chi connectivity index (χ1) is 5.85. The minimum atomic E-state index is 0.259. The summed E-state index contributed by atoms with van der Waals surface area (Å²) in [5, 5.41) is 8.70. The van der Waals surface area contributed by atoms with Gasteiger partial charge in [-0.15, -0.1) is 0 Å². The van der Waals surface area contributed by atoms with Gasteiger partial charge in [-0.3, -0.25) is 0 Å². The third-order valence-electron chi connectivity index (χ3n) is 1.99. The number of unbranched alkanes of at least 4 members (excludes halogenated alkanes) is 1. The summed E-state index contributed by atoms with van der Waals surface area (Å²) in [5.74, 6) is 0. The van der Waals surface area contributed by atoms with E-state index in [-0.39, 0.29) is 20.9 Å². The normalized spacial score (nSPS) is 13.2. The Kier molecular flexibility index (Phi) is 10.4. The molecule has 0 aliphatic carbocycles. The average Bonchev–Trinajstić information content (AvgIpc) is 2.11. The van der Waals surface area contributed by atoms with Crippen molar-refractivity contribution in [3.05, 3.63) is 0 Å². The van der Waals surface area contributed by atoms with E-state index in [4.69, 9.17) is 5.11 Å². The molecule has 0 fully saturated rings. The summed E-state index contributed by atoms with van der Waals surface area (Å²) in [6.07, 6.45) is 6.42. The van der Waals surface area contributed by atoms with Gasteiger partial charge in [0.2, 0.25) is 0 Å². The summed E-state index contributed by atoms with van der Waals surface area (Å²) in [6, 6.07) is 0. The molecule has 0 spiro atoms. The van der Waals surface area contributed by atoms with Gasteiger partial charge in [0.15, 0.2) is 0 Å². The molecule has 0 bridgehead atoms. The first kappa shape index (κ1) is 12.7. The van der Waals surface area contributed by atoms with Gasteiger partial charge in [0.1, 0.15) is 0 Å². The Hall–Kier alpha value is 0.750. The van der Waals surface area contributed by atoms with Gasteiger partial charge in [0.25, 0.3) is 0 Å². The molecule has 1 unspecified atom stereocenters. The fraction of sp³-hybridized carbons (Fsp3) is 1.00. The van der Waals surface area contributed by atoms with Crippen molar-refractivity contribution < 1.29 is 5.11 Å². The van der Waals surface area contributed by atoms with Crippen molar-refractivity contribution in [2.24, 2.45) is 0 Å². The van der Waals surface area contributed by atoms with E-state index in [1.807, 2.05) is 0 Å². The van der Waals surface area contributed by atoms with Crippen molar-refractivity contribution in [3.8, 4) is 0 Å². The van der Waals surface area contributed by atoms with Crippen LogP contribution in [-0.2, 0) is 0 Å². The molecule has 1 N–H and O–H groups in total. The van der Waals surface area contributed by atoms with Crippen LogP contribution < -0.4 is 0 Å². The van der Waals surface area contributed by atoms with Crippen molar-refractivity contribution in [1.29, 1.82) is 0 Å². The Morgan fingerprint density at radius 2 is 2.00 bits per heavy atom. The molecule has 0 radical (unpaired) electrons. The van der Waals surface area contributed by atoms with Crippen molar-refractivity contribution in [3.63, 3.8) is 0 Å². The number of rotatable bonds is 8. The standard InChI is InChI=1S/C10H22OTe/c1-3-5-9-12-10(4-2)7-6-8-11/h10-11H,3-9H2,1-2H3. The van der Waals surface area contributed by atoms with Crippen LogP contribution in [0.3, 0.4) is 0 Å². The number of hydrogen-bond donors (Lipinski definition) is 1. The summed E-state index contributed by atoms with van der Waals surface area (Å²) in [6.45, 7) is 4.94. The molecule has 2 heteroatoms. The van der Waals surface area contributed by atoms with Gasteiger partial charge in [-0.2, -0.15) is 0 Å². The van der Waals surface area contributed by atoms with Gasteiger partial charge in [0.05, 0.1) is 0 Å². The Labute approximate surface area is 87.0 Å². The SMILES string of the molecule is CCCC[Te]C(CC)CCCO. The summed E-state index contributed by atoms with van der Waals surface area (Å²) in [5.41, 5.74) is 0. The second-order valence-corrected chi connectivity index (χ2v) is 7.14. The van der Waals surface area contributed by atoms with Crippen LogP contribution in [0.1, 0.15) is 46.0 Å². The molecule has 0 aromatic heterocycles. The Balaban J connectivity index is 3.26. The van der Waals surface area contributed by atoms with Crippen molar-refractivity contribution in [1.82, 2.24) is 0 Å². The molecule has 0 saturated heterocycles. The van der Waals surface area contributed by atoms with Crippen LogP contribution in [0, 0.1) is 0 Å². The molecule has 0 amide bonds. The van der Waals surface area contributed by atoms with Crippen LogP contribution in [0.15, 0.2) is 0 Å². The third kappa shape index (κ3) is 7.40. The zero-order valence-electron chi connectivity index (χ0n) is 8.38. The molecule has 1 atom stereocenters. The molecule has 12 heavy (non-hydrogen) atoms. The second kappa shape index (κ2) is 9.83. The molecule has 0 aliphatic heterocycles. The monoisotopic (exact) mass is 288 g/mol. The van der Waals surface area contributed by atoms with Gasteiger partial charge in [0, 0.05) is 0 Å². The van der Waals surface area contributed by atoms with Crippen LogP contribution in [0.4, 0.5) is 0 Å². The van der Waals surface area contributed by atoms with E-state index < -0.39 is 0 Å². The summed E-state index contributed by atoms with van der Waals surface area (Å²) >= 11 is 0.259. The van der Waals surface area contributed by atoms with Gasteiger partial charge >= 0.3 is 87.0 Å². The van der Waals surface area contributed by atoms with Crippen LogP contribution >= 0.6 is 0 Å². The molecular formula is C10H22OTe. The fourth-order valence-electron chi connectivity index (χ4n) is 1.12. The van der Waals surface area contributed by atoms with Crippen molar-refractivity contribution in [2.75, 3.05) is 6.61 Å².